The SMILES string of the molecule is CC1C(=O)CC1c1cccc(F)c1. The van der Waals surface area contributed by atoms with Crippen molar-refractivity contribution in [2.45, 2.75) is 19.3 Å². The molecule has 0 bridgehead atoms. The number of benzene rings is 1. The van der Waals surface area contributed by atoms with Crippen molar-refractivity contribution >= 4 is 5.78 Å². The van der Waals surface area contributed by atoms with Crippen molar-refractivity contribution < 1.29 is 9.18 Å². The molecule has 2 heteroatoms. The summed E-state index contributed by atoms with van der Waals surface area (Å²) in [6, 6.07) is 6.53. The van der Waals surface area contributed by atoms with Crippen LogP contribution in [0.4, 0.5) is 4.39 Å². The number of halogens is 1. The molecule has 0 spiro atoms. The van der Waals surface area contributed by atoms with Crippen molar-refractivity contribution in [2.24, 2.45) is 5.92 Å². The van der Waals surface area contributed by atoms with Crippen molar-refractivity contribution in [3.63, 3.8) is 0 Å². The first-order chi connectivity index (χ1) is 6.18. The minimum atomic E-state index is -0.218. The van der Waals surface area contributed by atoms with Gasteiger partial charge in [-0.3, -0.25) is 4.79 Å². The van der Waals surface area contributed by atoms with E-state index in [0.29, 0.717) is 6.42 Å². The van der Waals surface area contributed by atoms with E-state index in [-0.39, 0.29) is 23.4 Å². The lowest BCUT2D eigenvalue weighted by molar-refractivity contribution is -0.130. The van der Waals surface area contributed by atoms with Gasteiger partial charge in [-0.15, -0.1) is 0 Å². The molecule has 1 saturated carbocycles. The number of carbonyl (C=O) groups is 1. The van der Waals surface area contributed by atoms with Crippen molar-refractivity contribution in [1.82, 2.24) is 0 Å². The van der Waals surface area contributed by atoms with Crippen molar-refractivity contribution in [3.05, 3.63) is 35.6 Å². The van der Waals surface area contributed by atoms with Gasteiger partial charge in [0, 0.05) is 18.3 Å². The lowest BCUT2D eigenvalue weighted by Crippen LogP contribution is -2.32. The first-order valence-corrected chi connectivity index (χ1v) is 4.46. The highest BCUT2D eigenvalue weighted by molar-refractivity contribution is 5.88. The van der Waals surface area contributed by atoms with E-state index in [2.05, 4.69) is 0 Å². The summed E-state index contributed by atoms with van der Waals surface area (Å²) in [6.45, 7) is 1.90. The quantitative estimate of drug-likeness (QED) is 0.645. The Balaban J connectivity index is 2.23. The van der Waals surface area contributed by atoms with Crippen molar-refractivity contribution in [3.8, 4) is 0 Å². The van der Waals surface area contributed by atoms with Crippen LogP contribution < -0.4 is 0 Å². The first kappa shape index (κ1) is 8.42. The summed E-state index contributed by atoms with van der Waals surface area (Å²) >= 11 is 0. The molecule has 2 atom stereocenters. The fourth-order valence-corrected chi connectivity index (χ4v) is 1.79. The second-order valence-corrected chi connectivity index (χ2v) is 3.62. The van der Waals surface area contributed by atoms with Gasteiger partial charge < -0.3 is 0 Å². The van der Waals surface area contributed by atoms with Gasteiger partial charge in [0.1, 0.15) is 11.6 Å². The summed E-state index contributed by atoms with van der Waals surface area (Å²) in [4.78, 5) is 11.0. The largest absolute Gasteiger partial charge is 0.299 e. The van der Waals surface area contributed by atoms with E-state index in [1.165, 1.54) is 12.1 Å². The van der Waals surface area contributed by atoms with Gasteiger partial charge in [-0.2, -0.15) is 0 Å². The van der Waals surface area contributed by atoms with Crippen LogP contribution in [0.2, 0.25) is 0 Å². The molecule has 2 rings (SSSR count). The zero-order chi connectivity index (χ0) is 9.42. The molecular formula is C11H11FO. The van der Waals surface area contributed by atoms with Gasteiger partial charge in [-0.1, -0.05) is 19.1 Å². The Morgan fingerprint density at radius 1 is 1.46 bits per heavy atom. The number of ketones is 1. The third-order valence-electron chi connectivity index (χ3n) is 2.81. The van der Waals surface area contributed by atoms with E-state index in [1.807, 2.05) is 13.0 Å². The van der Waals surface area contributed by atoms with Crippen LogP contribution in [0.15, 0.2) is 24.3 Å². The van der Waals surface area contributed by atoms with Crippen LogP contribution >= 0.6 is 0 Å². The molecule has 0 heterocycles. The Kier molecular flexibility index (Phi) is 1.91. The standard InChI is InChI=1S/C11H11FO/c1-7-10(6-11(7)13)8-3-2-4-9(12)5-8/h2-5,7,10H,6H2,1H3. The van der Waals surface area contributed by atoms with Crippen LogP contribution in [0.5, 0.6) is 0 Å². The maximum Gasteiger partial charge on any atom is 0.136 e. The highest BCUT2D eigenvalue weighted by atomic mass is 19.1. The van der Waals surface area contributed by atoms with Crippen molar-refractivity contribution in [2.75, 3.05) is 0 Å². The molecule has 68 valence electrons. The molecule has 1 aliphatic rings. The molecule has 1 aromatic carbocycles. The van der Waals surface area contributed by atoms with Crippen LogP contribution in [-0.4, -0.2) is 5.78 Å². The number of Topliss-reactive ketones (excluding diaryl/α,β-unsaturated/α-hetero) is 1. The summed E-state index contributed by atoms with van der Waals surface area (Å²) < 4.78 is 12.8. The lowest BCUT2D eigenvalue weighted by Gasteiger charge is -2.32. The Labute approximate surface area is 76.6 Å². The van der Waals surface area contributed by atoms with Crippen LogP contribution in [0.1, 0.15) is 24.8 Å². The molecule has 0 saturated heterocycles. The van der Waals surface area contributed by atoms with E-state index in [0.717, 1.165) is 5.56 Å². The average molecular weight is 178 g/mol. The molecule has 0 radical (unpaired) electrons. The Morgan fingerprint density at radius 3 is 2.77 bits per heavy atom. The van der Waals surface area contributed by atoms with Gasteiger partial charge in [0.2, 0.25) is 0 Å². The predicted molar refractivity (Wildman–Crippen MR) is 47.9 cm³/mol. The molecule has 1 fully saturated rings. The molecule has 0 aliphatic heterocycles. The van der Waals surface area contributed by atoms with Gasteiger partial charge in [-0.25, -0.2) is 4.39 Å². The monoisotopic (exact) mass is 178 g/mol. The van der Waals surface area contributed by atoms with Crippen molar-refractivity contribution in [1.29, 1.82) is 0 Å². The molecular weight excluding hydrogens is 167 g/mol. The van der Waals surface area contributed by atoms with E-state index in [1.54, 1.807) is 6.07 Å². The summed E-state index contributed by atoms with van der Waals surface area (Å²) in [5.41, 5.74) is 0.951. The van der Waals surface area contributed by atoms with E-state index in [9.17, 15) is 9.18 Å². The highest BCUT2D eigenvalue weighted by Crippen LogP contribution is 2.39. The minimum absolute atomic E-state index is 0.0711. The molecule has 1 nitrogen and oxygen atoms in total. The number of rotatable bonds is 1. The third-order valence-corrected chi connectivity index (χ3v) is 2.81. The van der Waals surface area contributed by atoms with E-state index >= 15 is 0 Å². The number of hydrogen-bond donors (Lipinski definition) is 0. The summed E-state index contributed by atoms with van der Waals surface area (Å²) in [5.74, 6) is 0.378. The third kappa shape index (κ3) is 1.37. The van der Waals surface area contributed by atoms with Gasteiger partial charge >= 0.3 is 0 Å². The second kappa shape index (κ2) is 2.95. The van der Waals surface area contributed by atoms with Gasteiger partial charge in [-0.05, 0) is 17.7 Å². The normalized spacial score (nSPS) is 27.1. The highest BCUT2D eigenvalue weighted by Gasteiger charge is 2.36. The molecule has 2 unspecified atom stereocenters. The summed E-state index contributed by atoms with van der Waals surface area (Å²) in [7, 11) is 0. The fraction of sp³-hybridized carbons (Fsp3) is 0.364. The minimum Gasteiger partial charge on any atom is -0.299 e. The summed E-state index contributed by atoms with van der Waals surface area (Å²) in [6.07, 6.45) is 0.574. The second-order valence-electron chi connectivity index (χ2n) is 3.62. The van der Waals surface area contributed by atoms with E-state index in [4.69, 9.17) is 0 Å². The smallest absolute Gasteiger partial charge is 0.136 e. The molecule has 1 aromatic rings. The first-order valence-electron chi connectivity index (χ1n) is 4.46. The molecule has 0 N–H and O–H groups in total. The molecule has 0 amide bonds. The predicted octanol–water partition coefficient (Wildman–Crippen LogP) is 2.52. The van der Waals surface area contributed by atoms with Crippen LogP contribution in [0.3, 0.4) is 0 Å². The zero-order valence-corrected chi connectivity index (χ0v) is 7.46. The Morgan fingerprint density at radius 2 is 2.23 bits per heavy atom. The van der Waals surface area contributed by atoms with Gasteiger partial charge in [0.15, 0.2) is 0 Å². The average Bonchev–Trinajstić information content (AvgIpc) is 2.13. The van der Waals surface area contributed by atoms with Crippen LogP contribution in [0.25, 0.3) is 0 Å². The number of hydrogen-bond acceptors (Lipinski definition) is 1. The van der Waals surface area contributed by atoms with E-state index < -0.39 is 0 Å². The van der Waals surface area contributed by atoms with Gasteiger partial charge in [0.05, 0.1) is 0 Å². The van der Waals surface area contributed by atoms with Crippen LogP contribution in [0, 0.1) is 11.7 Å². The Bertz CT molecular complexity index is 346. The molecule has 1 aliphatic carbocycles. The number of carbonyl (C=O) groups excluding carboxylic acids is 1. The topological polar surface area (TPSA) is 17.1 Å². The van der Waals surface area contributed by atoms with Gasteiger partial charge in [0.25, 0.3) is 0 Å². The Hall–Kier alpha value is -1.18. The molecule has 13 heavy (non-hydrogen) atoms. The zero-order valence-electron chi connectivity index (χ0n) is 7.46. The summed E-state index contributed by atoms with van der Waals surface area (Å²) in [5, 5.41) is 0. The molecule has 0 aromatic heterocycles. The van der Waals surface area contributed by atoms with Crippen LogP contribution in [-0.2, 0) is 4.79 Å². The lowest BCUT2D eigenvalue weighted by atomic mass is 9.70. The fourth-order valence-electron chi connectivity index (χ4n) is 1.79. The maximum atomic E-state index is 12.8. The maximum absolute atomic E-state index is 12.8.